The van der Waals surface area contributed by atoms with Gasteiger partial charge in [0.25, 0.3) is 0 Å². The molecular formula is C13H24O. The summed E-state index contributed by atoms with van der Waals surface area (Å²) in [6, 6.07) is 0. The molecule has 1 heteroatoms. The largest absolute Gasteiger partial charge is 0.299 e. The van der Waals surface area contributed by atoms with Crippen LogP contribution in [0.15, 0.2) is 12.2 Å². The molecule has 0 amide bonds. The molecule has 14 heavy (non-hydrogen) atoms. The van der Waals surface area contributed by atoms with Gasteiger partial charge in [0.05, 0.1) is 0 Å². The molecule has 0 fully saturated rings. The number of hydrogen-bond acceptors (Lipinski definition) is 1. The summed E-state index contributed by atoms with van der Waals surface area (Å²) in [7, 11) is 0. The quantitative estimate of drug-likeness (QED) is 0.590. The molecular weight excluding hydrogens is 172 g/mol. The van der Waals surface area contributed by atoms with Gasteiger partial charge in [0.1, 0.15) is 5.78 Å². The topological polar surface area (TPSA) is 17.1 Å². The van der Waals surface area contributed by atoms with Crippen molar-refractivity contribution in [1.29, 1.82) is 0 Å². The number of rotatable bonds is 6. The van der Waals surface area contributed by atoms with Crippen LogP contribution in [0.5, 0.6) is 0 Å². The van der Waals surface area contributed by atoms with E-state index in [0.717, 1.165) is 12.8 Å². The molecule has 0 N–H and O–H groups in total. The molecule has 0 bridgehead atoms. The van der Waals surface area contributed by atoms with Crippen LogP contribution in [0.4, 0.5) is 0 Å². The molecule has 0 saturated heterocycles. The fraction of sp³-hybridized carbons (Fsp3) is 0.769. The summed E-state index contributed by atoms with van der Waals surface area (Å²) in [5.74, 6) is 1.58. The second kappa shape index (κ2) is 6.80. The maximum Gasteiger partial charge on any atom is 0.136 e. The predicted octanol–water partition coefficient (Wildman–Crippen LogP) is 3.84. The summed E-state index contributed by atoms with van der Waals surface area (Å²) in [6.07, 6.45) is 5.75. The minimum absolute atomic E-state index is 0.216. The summed E-state index contributed by atoms with van der Waals surface area (Å²) < 4.78 is 0. The molecule has 82 valence electrons. The Labute approximate surface area is 88.6 Å². The molecule has 1 atom stereocenters. The van der Waals surface area contributed by atoms with Crippen LogP contribution in [-0.2, 0) is 4.79 Å². The molecule has 0 aromatic carbocycles. The Morgan fingerprint density at radius 2 is 1.79 bits per heavy atom. The summed E-state index contributed by atoms with van der Waals surface area (Å²) in [5, 5.41) is 0. The van der Waals surface area contributed by atoms with Crippen LogP contribution in [0, 0.1) is 17.8 Å². The molecule has 1 nitrogen and oxygen atoms in total. The van der Waals surface area contributed by atoms with E-state index in [4.69, 9.17) is 0 Å². The van der Waals surface area contributed by atoms with Crippen molar-refractivity contribution in [1.82, 2.24) is 0 Å². The molecule has 0 aromatic heterocycles. The van der Waals surface area contributed by atoms with E-state index in [1.165, 1.54) is 0 Å². The zero-order chi connectivity index (χ0) is 11.1. The van der Waals surface area contributed by atoms with Crippen LogP contribution in [0.3, 0.4) is 0 Å². The lowest BCUT2D eigenvalue weighted by molar-refractivity contribution is -0.124. The molecule has 0 aliphatic carbocycles. The summed E-state index contributed by atoms with van der Waals surface area (Å²) >= 11 is 0. The smallest absolute Gasteiger partial charge is 0.136 e. The highest BCUT2D eigenvalue weighted by Crippen LogP contribution is 2.20. The Balaban J connectivity index is 4.26. The van der Waals surface area contributed by atoms with Crippen molar-refractivity contribution in [3.63, 3.8) is 0 Å². The van der Waals surface area contributed by atoms with E-state index in [0.29, 0.717) is 17.6 Å². The van der Waals surface area contributed by atoms with Gasteiger partial charge in [-0.05, 0) is 25.2 Å². The van der Waals surface area contributed by atoms with E-state index in [1.54, 1.807) is 0 Å². The third-order valence-corrected chi connectivity index (χ3v) is 2.45. The van der Waals surface area contributed by atoms with Crippen molar-refractivity contribution < 1.29 is 4.79 Å². The van der Waals surface area contributed by atoms with Gasteiger partial charge in [0.2, 0.25) is 0 Å². The Morgan fingerprint density at radius 1 is 1.21 bits per heavy atom. The minimum atomic E-state index is 0.216. The van der Waals surface area contributed by atoms with Crippen molar-refractivity contribution in [3.05, 3.63) is 12.2 Å². The lowest BCUT2D eigenvalue weighted by Gasteiger charge is -2.18. The highest BCUT2D eigenvalue weighted by molar-refractivity contribution is 5.81. The monoisotopic (exact) mass is 196 g/mol. The number of hydrogen-bond donors (Lipinski definition) is 0. The molecule has 0 aliphatic heterocycles. The van der Waals surface area contributed by atoms with Gasteiger partial charge >= 0.3 is 0 Å². The van der Waals surface area contributed by atoms with Crippen LogP contribution in [0.25, 0.3) is 0 Å². The number of ketones is 1. The first-order valence-corrected chi connectivity index (χ1v) is 5.62. The molecule has 0 saturated carbocycles. The SMILES string of the molecule is C/C=C/CC(C(=O)CC(C)C)C(C)C. The zero-order valence-electron chi connectivity index (χ0n) is 10.2. The number of carbonyl (C=O) groups excluding carboxylic acids is 1. The standard InChI is InChI=1S/C13H24O/c1-6-7-8-12(11(4)5)13(14)9-10(2)3/h6-7,10-12H,8-9H2,1-5H3/b7-6+. The van der Waals surface area contributed by atoms with E-state index in [-0.39, 0.29) is 5.92 Å². The molecule has 0 radical (unpaired) electrons. The van der Waals surface area contributed by atoms with Gasteiger partial charge < -0.3 is 0 Å². The third kappa shape index (κ3) is 5.21. The fourth-order valence-corrected chi connectivity index (χ4v) is 1.61. The number of allylic oxidation sites excluding steroid dienone is 2. The van der Waals surface area contributed by atoms with E-state index >= 15 is 0 Å². The lowest BCUT2D eigenvalue weighted by Crippen LogP contribution is -2.21. The normalized spacial score (nSPS) is 14.2. The lowest BCUT2D eigenvalue weighted by atomic mass is 9.85. The summed E-state index contributed by atoms with van der Waals surface area (Å²) in [6.45, 7) is 10.5. The molecule has 0 heterocycles. The maximum absolute atomic E-state index is 11.9. The number of carbonyl (C=O) groups is 1. The second-order valence-electron chi connectivity index (χ2n) is 4.72. The number of Topliss-reactive ketones (excluding diaryl/α,β-unsaturated/α-hetero) is 1. The zero-order valence-corrected chi connectivity index (χ0v) is 10.2. The second-order valence-corrected chi connectivity index (χ2v) is 4.72. The van der Waals surface area contributed by atoms with Crippen molar-refractivity contribution in [2.45, 2.75) is 47.5 Å². The van der Waals surface area contributed by atoms with E-state index in [1.807, 2.05) is 13.0 Å². The fourth-order valence-electron chi connectivity index (χ4n) is 1.61. The Morgan fingerprint density at radius 3 is 2.14 bits per heavy atom. The average molecular weight is 196 g/mol. The maximum atomic E-state index is 11.9. The predicted molar refractivity (Wildman–Crippen MR) is 62.2 cm³/mol. The van der Waals surface area contributed by atoms with Crippen LogP contribution in [0.1, 0.15) is 47.5 Å². The average Bonchev–Trinajstić information content (AvgIpc) is 2.02. The minimum Gasteiger partial charge on any atom is -0.299 e. The first-order chi connectivity index (χ1) is 6.49. The van der Waals surface area contributed by atoms with Crippen molar-refractivity contribution in [2.75, 3.05) is 0 Å². The Hall–Kier alpha value is -0.590. The summed E-state index contributed by atoms with van der Waals surface area (Å²) in [5.41, 5.74) is 0. The van der Waals surface area contributed by atoms with Gasteiger partial charge in [-0.25, -0.2) is 0 Å². The van der Waals surface area contributed by atoms with Crippen molar-refractivity contribution in [2.24, 2.45) is 17.8 Å². The molecule has 0 rings (SSSR count). The first kappa shape index (κ1) is 13.4. The molecule has 1 unspecified atom stereocenters. The molecule has 0 spiro atoms. The Kier molecular flexibility index (Phi) is 6.52. The molecule has 0 aromatic rings. The van der Waals surface area contributed by atoms with Crippen LogP contribution in [0.2, 0.25) is 0 Å². The van der Waals surface area contributed by atoms with Crippen LogP contribution in [-0.4, -0.2) is 5.78 Å². The van der Waals surface area contributed by atoms with E-state index < -0.39 is 0 Å². The van der Waals surface area contributed by atoms with Gasteiger partial charge in [0, 0.05) is 12.3 Å². The highest BCUT2D eigenvalue weighted by Gasteiger charge is 2.20. The van der Waals surface area contributed by atoms with Crippen molar-refractivity contribution in [3.8, 4) is 0 Å². The highest BCUT2D eigenvalue weighted by atomic mass is 16.1. The van der Waals surface area contributed by atoms with Gasteiger partial charge in [-0.2, -0.15) is 0 Å². The van der Waals surface area contributed by atoms with E-state index in [9.17, 15) is 4.79 Å². The van der Waals surface area contributed by atoms with Gasteiger partial charge in [-0.15, -0.1) is 0 Å². The Bertz CT molecular complexity index is 189. The third-order valence-electron chi connectivity index (χ3n) is 2.45. The van der Waals surface area contributed by atoms with Gasteiger partial charge in [0.15, 0.2) is 0 Å². The molecule has 0 aliphatic rings. The van der Waals surface area contributed by atoms with E-state index in [2.05, 4.69) is 33.8 Å². The van der Waals surface area contributed by atoms with Crippen LogP contribution >= 0.6 is 0 Å². The van der Waals surface area contributed by atoms with Crippen molar-refractivity contribution >= 4 is 5.78 Å². The van der Waals surface area contributed by atoms with Gasteiger partial charge in [-0.3, -0.25) is 4.79 Å². The van der Waals surface area contributed by atoms with Crippen LogP contribution < -0.4 is 0 Å². The van der Waals surface area contributed by atoms with Gasteiger partial charge in [-0.1, -0.05) is 39.8 Å². The summed E-state index contributed by atoms with van der Waals surface area (Å²) in [4.78, 5) is 11.9. The first-order valence-electron chi connectivity index (χ1n) is 5.62.